The Morgan fingerprint density at radius 2 is 2.00 bits per heavy atom. The average Bonchev–Trinajstić information content (AvgIpc) is 3.59. The highest BCUT2D eigenvalue weighted by molar-refractivity contribution is 7.89. The molecule has 0 bridgehead atoms. The zero-order valence-electron chi connectivity index (χ0n) is 21.0. The van der Waals surface area contributed by atoms with Gasteiger partial charge in [-0.3, -0.25) is 4.79 Å². The van der Waals surface area contributed by atoms with E-state index in [1.54, 1.807) is 31.0 Å². The van der Waals surface area contributed by atoms with E-state index < -0.39 is 22.2 Å². The number of nitrogens with zero attached hydrogens (tertiary/aromatic N) is 2. The molecule has 3 rings (SSSR count). The first kappa shape index (κ1) is 26.5. The molecule has 0 unspecified atom stereocenters. The van der Waals surface area contributed by atoms with Gasteiger partial charge in [-0.25, -0.2) is 8.42 Å². The minimum atomic E-state index is -3.89. The monoisotopic (exact) mass is 490 g/mol. The van der Waals surface area contributed by atoms with E-state index in [0.29, 0.717) is 30.4 Å². The molecule has 1 amide bonds. The molecule has 1 fully saturated rings. The van der Waals surface area contributed by atoms with E-state index in [9.17, 15) is 18.3 Å². The van der Waals surface area contributed by atoms with Gasteiger partial charge in [0.25, 0.3) is 0 Å². The summed E-state index contributed by atoms with van der Waals surface area (Å²) in [5, 5.41) is 9.77. The number of carbonyl (C=O) groups excluding carboxylic acids is 1. The van der Waals surface area contributed by atoms with Gasteiger partial charge in [0, 0.05) is 44.0 Å². The lowest BCUT2D eigenvalue weighted by atomic mass is 10.0. The number of fused-ring (bicyclic) bond motifs is 1. The number of benzene rings is 1. The summed E-state index contributed by atoms with van der Waals surface area (Å²) in [5.74, 6) is 7.29. The molecule has 0 saturated heterocycles. The van der Waals surface area contributed by atoms with Crippen molar-refractivity contribution in [3.05, 3.63) is 23.8 Å². The van der Waals surface area contributed by atoms with Crippen molar-refractivity contribution in [2.75, 3.05) is 26.7 Å². The maximum atomic E-state index is 13.5. The van der Waals surface area contributed by atoms with Gasteiger partial charge in [-0.05, 0) is 49.8 Å². The summed E-state index contributed by atoms with van der Waals surface area (Å²) in [4.78, 5) is 14.4. The van der Waals surface area contributed by atoms with Crippen molar-refractivity contribution >= 4 is 15.9 Å². The van der Waals surface area contributed by atoms with Crippen LogP contribution in [0.3, 0.4) is 0 Å². The van der Waals surface area contributed by atoms with Gasteiger partial charge in [0.2, 0.25) is 15.9 Å². The third kappa shape index (κ3) is 6.53. The molecule has 0 radical (unpaired) electrons. The molecule has 0 aromatic heterocycles. The summed E-state index contributed by atoms with van der Waals surface area (Å²) < 4.78 is 34.7. The summed E-state index contributed by atoms with van der Waals surface area (Å²) in [6, 6.07) is 4.33. The Bertz CT molecular complexity index is 1040. The molecule has 2 aliphatic rings. The highest BCUT2D eigenvalue weighted by Crippen LogP contribution is 2.35. The van der Waals surface area contributed by atoms with Crippen molar-refractivity contribution in [2.45, 2.75) is 70.4 Å². The summed E-state index contributed by atoms with van der Waals surface area (Å²) in [5.41, 5.74) is 0.682. The van der Waals surface area contributed by atoms with Crippen LogP contribution < -0.4 is 4.74 Å². The molecule has 1 heterocycles. The average molecular weight is 491 g/mol. The first-order valence-electron chi connectivity index (χ1n) is 12.2. The lowest BCUT2D eigenvalue weighted by molar-refractivity contribution is -0.131. The number of hydrogen-bond donors (Lipinski definition) is 1. The van der Waals surface area contributed by atoms with Gasteiger partial charge < -0.3 is 14.7 Å². The largest absolute Gasteiger partial charge is 0.487 e. The van der Waals surface area contributed by atoms with E-state index in [1.165, 1.54) is 10.4 Å². The fourth-order valence-electron chi connectivity index (χ4n) is 3.97. The van der Waals surface area contributed by atoms with Crippen molar-refractivity contribution in [1.29, 1.82) is 0 Å². The molecule has 1 saturated carbocycles. The highest BCUT2D eigenvalue weighted by atomic mass is 32.2. The first-order chi connectivity index (χ1) is 16.0. The van der Waals surface area contributed by atoms with Crippen LogP contribution in [-0.4, -0.2) is 67.5 Å². The summed E-state index contributed by atoms with van der Waals surface area (Å²) >= 11 is 0. The van der Waals surface area contributed by atoms with E-state index >= 15 is 0 Å². The van der Waals surface area contributed by atoms with E-state index in [1.807, 2.05) is 6.92 Å². The van der Waals surface area contributed by atoms with E-state index in [0.717, 1.165) is 19.3 Å². The Hall–Kier alpha value is -2.08. The number of ether oxygens (including phenoxy) is 1. The molecule has 188 valence electrons. The zero-order chi connectivity index (χ0) is 25.0. The third-order valence-corrected chi connectivity index (χ3v) is 8.47. The Balaban J connectivity index is 1.97. The van der Waals surface area contributed by atoms with E-state index in [-0.39, 0.29) is 35.6 Å². The van der Waals surface area contributed by atoms with E-state index in [2.05, 4.69) is 25.7 Å². The molecule has 8 heteroatoms. The molecule has 1 N–H and O–H groups in total. The fourth-order valence-corrected chi connectivity index (χ4v) is 5.80. The Kier molecular flexibility index (Phi) is 8.66. The maximum absolute atomic E-state index is 13.5. The predicted molar refractivity (Wildman–Crippen MR) is 132 cm³/mol. The number of aliphatic hydroxyl groups excluding tert-OH is 1. The van der Waals surface area contributed by atoms with Crippen molar-refractivity contribution < 1.29 is 23.1 Å². The summed E-state index contributed by atoms with van der Waals surface area (Å²) in [7, 11) is -2.12. The number of aliphatic hydroxyl groups is 1. The van der Waals surface area contributed by atoms with Gasteiger partial charge in [0.15, 0.2) is 0 Å². The van der Waals surface area contributed by atoms with Crippen molar-refractivity contribution in [3.8, 4) is 17.6 Å². The highest BCUT2D eigenvalue weighted by Gasteiger charge is 2.38. The first-order valence-corrected chi connectivity index (χ1v) is 13.6. The standard InChI is InChI=1S/C26H38N2O5S/c1-18(2)7-6-8-21-11-12-25-23(13-21)33-24(16-27(5)26(30)14-22-9-10-22)19(3)15-28(20(4)17-29)34(25,31)32/h11-13,18-20,22,24,29H,7,9-10,14-17H2,1-5H3/t19-,20-,24-/m0/s1. The molecule has 1 aliphatic heterocycles. The number of sulfonamides is 1. The van der Waals surface area contributed by atoms with Crippen LogP contribution >= 0.6 is 0 Å². The summed E-state index contributed by atoms with van der Waals surface area (Å²) in [6.07, 6.45) is 3.10. The second-order valence-electron chi connectivity index (χ2n) is 10.2. The number of carbonyl (C=O) groups is 1. The minimum Gasteiger partial charge on any atom is -0.487 e. The lowest BCUT2D eigenvalue weighted by Crippen LogP contribution is -2.50. The second-order valence-corrected chi connectivity index (χ2v) is 12.1. The maximum Gasteiger partial charge on any atom is 0.247 e. The van der Waals surface area contributed by atoms with Gasteiger partial charge in [0.05, 0.1) is 13.2 Å². The number of rotatable bonds is 7. The Morgan fingerprint density at radius 1 is 1.29 bits per heavy atom. The van der Waals surface area contributed by atoms with Crippen LogP contribution in [0.4, 0.5) is 0 Å². The molecule has 1 aromatic rings. The summed E-state index contributed by atoms with van der Waals surface area (Å²) in [6.45, 7) is 8.06. The second kappa shape index (κ2) is 11.1. The quantitative estimate of drug-likeness (QED) is 0.594. The molecule has 0 spiro atoms. The Morgan fingerprint density at radius 3 is 2.62 bits per heavy atom. The molecule has 34 heavy (non-hydrogen) atoms. The van der Waals surface area contributed by atoms with Crippen LogP contribution in [0.1, 0.15) is 58.9 Å². The van der Waals surface area contributed by atoms with Crippen LogP contribution in [0, 0.1) is 29.6 Å². The molecule has 1 aliphatic carbocycles. The minimum absolute atomic E-state index is 0.0612. The van der Waals surface area contributed by atoms with Crippen molar-refractivity contribution in [1.82, 2.24) is 9.21 Å². The van der Waals surface area contributed by atoms with Gasteiger partial charge >= 0.3 is 0 Å². The predicted octanol–water partition coefficient (Wildman–Crippen LogP) is 3.11. The number of amides is 1. The molecular weight excluding hydrogens is 452 g/mol. The van der Waals surface area contributed by atoms with Gasteiger partial charge in [-0.15, -0.1) is 0 Å². The topological polar surface area (TPSA) is 87.2 Å². The third-order valence-electron chi connectivity index (χ3n) is 6.45. The fraction of sp³-hybridized carbons (Fsp3) is 0.654. The van der Waals surface area contributed by atoms with Crippen LogP contribution in [0.25, 0.3) is 0 Å². The Labute approximate surface area is 204 Å². The van der Waals surface area contributed by atoms with Crippen LogP contribution in [0.5, 0.6) is 5.75 Å². The number of hydrogen-bond acceptors (Lipinski definition) is 5. The number of likely N-dealkylation sites (N-methyl/N-ethyl adjacent to an activating group) is 1. The lowest BCUT2D eigenvalue weighted by Gasteiger charge is -2.37. The molecule has 7 nitrogen and oxygen atoms in total. The SMILES string of the molecule is CC(C)CC#Cc1ccc2c(c1)O[C@@H](CN(C)C(=O)CC1CC1)[C@@H](C)CN([C@@H](C)CO)S2(=O)=O. The molecule has 1 aromatic carbocycles. The van der Waals surface area contributed by atoms with Gasteiger partial charge in [-0.2, -0.15) is 4.31 Å². The molecular formula is C26H38N2O5S. The van der Waals surface area contributed by atoms with E-state index in [4.69, 9.17) is 4.74 Å². The smallest absolute Gasteiger partial charge is 0.247 e. The van der Waals surface area contributed by atoms with Crippen LogP contribution in [0.2, 0.25) is 0 Å². The van der Waals surface area contributed by atoms with Gasteiger partial charge in [0.1, 0.15) is 16.7 Å². The normalized spacial score (nSPS) is 23.0. The van der Waals surface area contributed by atoms with Crippen molar-refractivity contribution in [2.24, 2.45) is 17.8 Å². The van der Waals surface area contributed by atoms with Crippen LogP contribution in [-0.2, 0) is 14.8 Å². The van der Waals surface area contributed by atoms with Crippen LogP contribution in [0.15, 0.2) is 23.1 Å². The zero-order valence-corrected chi connectivity index (χ0v) is 21.8. The molecule has 3 atom stereocenters. The van der Waals surface area contributed by atoms with Crippen molar-refractivity contribution in [3.63, 3.8) is 0 Å². The van der Waals surface area contributed by atoms with Gasteiger partial charge in [-0.1, -0.05) is 32.6 Å².